The molecule has 20 heavy (non-hydrogen) atoms. The van der Waals surface area contributed by atoms with Crippen LogP contribution in [0.2, 0.25) is 0 Å². The highest BCUT2D eigenvalue weighted by molar-refractivity contribution is 8.24. The molecule has 0 aliphatic rings. The molecule has 0 atom stereocenters. The number of carboxylic acid groups (broad SMARTS) is 1. The predicted molar refractivity (Wildman–Crippen MR) is 80.6 cm³/mol. The van der Waals surface area contributed by atoms with Crippen molar-refractivity contribution < 1.29 is 19.0 Å². The van der Waals surface area contributed by atoms with Gasteiger partial charge in [-0.25, -0.2) is 0 Å². The van der Waals surface area contributed by atoms with E-state index in [1.165, 1.54) is 0 Å². The highest BCUT2D eigenvalue weighted by Gasteiger charge is 2.19. The average molecular weight is 310 g/mol. The van der Waals surface area contributed by atoms with Gasteiger partial charge in [0.15, 0.2) is 0 Å². The molecule has 4 nitrogen and oxygen atoms in total. The van der Waals surface area contributed by atoms with Gasteiger partial charge in [-0.1, -0.05) is 30.0 Å². The lowest BCUT2D eigenvalue weighted by molar-refractivity contribution is -0.134. The van der Waals surface area contributed by atoms with E-state index in [1.807, 2.05) is 30.3 Å². The fraction of sp³-hybridized carbons (Fsp3) is 0.0714. The van der Waals surface area contributed by atoms with Crippen molar-refractivity contribution in [2.45, 2.75) is 14.7 Å². The van der Waals surface area contributed by atoms with Crippen LogP contribution in [0.4, 0.5) is 0 Å². The summed E-state index contributed by atoms with van der Waals surface area (Å²) in [5.41, 5.74) is 0. The van der Waals surface area contributed by atoms with Crippen LogP contribution in [0.5, 0.6) is 0 Å². The molecule has 0 amide bonds. The van der Waals surface area contributed by atoms with Gasteiger partial charge in [-0.3, -0.25) is 13.9 Å². The van der Waals surface area contributed by atoms with Gasteiger partial charge in [0.2, 0.25) is 0 Å². The zero-order valence-corrected chi connectivity index (χ0v) is 12.1. The van der Waals surface area contributed by atoms with E-state index in [4.69, 9.17) is 5.11 Å². The Bertz CT molecular complexity index is 582. The smallest absolute Gasteiger partial charge is 0.323 e. The third-order valence-corrected chi connectivity index (χ3v) is 5.20. The fourth-order valence-corrected chi connectivity index (χ4v) is 3.53. The van der Waals surface area contributed by atoms with Gasteiger partial charge in [-0.05, 0) is 36.4 Å². The Balaban J connectivity index is 2.12. The number of hydrogen-bond donors (Lipinski definition) is 3. The third kappa shape index (κ3) is 4.01. The molecule has 3 N–H and O–H groups in total. The fourth-order valence-electron chi connectivity index (χ4n) is 1.61. The SMILES string of the molecule is O=C(O)CS(O)(O)c1ccc(Sc2ccccc2)cc1. The summed E-state index contributed by atoms with van der Waals surface area (Å²) in [6, 6.07) is 16.4. The maximum Gasteiger partial charge on any atom is 0.323 e. The van der Waals surface area contributed by atoms with E-state index < -0.39 is 22.3 Å². The predicted octanol–water partition coefficient (Wildman–Crippen LogP) is 4.03. The molecule has 0 aromatic heterocycles. The van der Waals surface area contributed by atoms with E-state index in [-0.39, 0.29) is 4.90 Å². The van der Waals surface area contributed by atoms with Crippen LogP contribution in [0.1, 0.15) is 0 Å². The summed E-state index contributed by atoms with van der Waals surface area (Å²) >= 11 is 1.55. The van der Waals surface area contributed by atoms with Crippen molar-refractivity contribution in [3.05, 3.63) is 54.6 Å². The minimum absolute atomic E-state index is 0.248. The Morgan fingerprint density at radius 3 is 2.05 bits per heavy atom. The van der Waals surface area contributed by atoms with Gasteiger partial charge in [0.05, 0.1) is 4.90 Å². The molecule has 0 saturated carbocycles. The van der Waals surface area contributed by atoms with Crippen LogP contribution in [0.25, 0.3) is 0 Å². The first-order valence-electron chi connectivity index (χ1n) is 5.78. The average Bonchev–Trinajstić information content (AvgIpc) is 2.39. The Hall–Kier alpha value is -1.47. The molecule has 2 rings (SSSR count). The molecule has 106 valence electrons. The summed E-state index contributed by atoms with van der Waals surface area (Å²) in [6.07, 6.45) is 0. The Labute approximate surface area is 122 Å². The van der Waals surface area contributed by atoms with Crippen molar-refractivity contribution >= 4 is 28.3 Å². The molecule has 0 aliphatic heterocycles. The first-order valence-corrected chi connectivity index (χ1v) is 8.31. The molecule has 6 heteroatoms. The molecule has 0 saturated heterocycles. The zero-order valence-electron chi connectivity index (χ0n) is 10.5. The normalized spacial score (nSPS) is 12.1. The van der Waals surface area contributed by atoms with Crippen LogP contribution in [0.3, 0.4) is 0 Å². The Morgan fingerprint density at radius 2 is 1.50 bits per heavy atom. The molecule has 0 unspecified atom stereocenters. The second-order valence-electron chi connectivity index (χ2n) is 4.09. The first-order chi connectivity index (χ1) is 9.47. The van der Waals surface area contributed by atoms with Crippen LogP contribution in [0, 0.1) is 0 Å². The molecule has 2 aromatic rings. The summed E-state index contributed by atoms with van der Waals surface area (Å²) in [6.45, 7) is 0. The molecule has 0 fully saturated rings. The van der Waals surface area contributed by atoms with Gasteiger partial charge in [-0.15, -0.1) is 0 Å². The summed E-state index contributed by atoms with van der Waals surface area (Å²) in [5.74, 6) is -1.90. The maximum absolute atomic E-state index is 10.6. The van der Waals surface area contributed by atoms with Gasteiger partial charge < -0.3 is 5.11 Å². The minimum atomic E-state index is -3.26. The molecule has 0 spiro atoms. The number of carbonyl (C=O) groups is 1. The number of benzene rings is 2. The van der Waals surface area contributed by atoms with E-state index in [0.29, 0.717) is 0 Å². The zero-order chi connectivity index (χ0) is 14.6. The van der Waals surface area contributed by atoms with Gasteiger partial charge in [0.25, 0.3) is 0 Å². The highest BCUT2D eigenvalue weighted by atomic mass is 32.3. The van der Waals surface area contributed by atoms with Crippen LogP contribution < -0.4 is 0 Å². The highest BCUT2D eigenvalue weighted by Crippen LogP contribution is 2.48. The monoisotopic (exact) mass is 310 g/mol. The number of rotatable bonds is 5. The molecule has 0 aliphatic carbocycles. The molecule has 0 heterocycles. The molecule has 2 aromatic carbocycles. The standard InChI is InChI=1S/C14H14O4S2/c15-14(16)10-20(17,18)13-8-6-12(7-9-13)19-11-4-2-1-3-5-11/h1-9,17-18H,10H2,(H,15,16). The Morgan fingerprint density at radius 1 is 0.950 bits per heavy atom. The lowest BCUT2D eigenvalue weighted by Crippen LogP contribution is -2.12. The second-order valence-corrected chi connectivity index (χ2v) is 7.33. The van der Waals surface area contributed by atoms with Crippen LogP contribution in [-0.2, 0) is 4.79 Å². The number of carboxylic acids is 1. The van der Waals surface area contributed by atoms with Crippen LogP contribution >= 0.6 is 22.4 Å². The summed E-state index contributed by atoms with van der Waals surface area (Å²) in [7, 11) is -3.26. The first kappa shape index (κ1) is 14.9. The number of aliphatic carboxylic acids is 1. The van der Waals surface area contributed by atoms with Gasteiger partial charge in [0, 0.05) is 9.79 Å². The van der Waals surface area contributed by atoms with Crippen molar-refractivity contribution in [2.75, 3.05) is 5.75 Å². The van der Waals surface area contributed by atoms with Crippen molar-refractivity contribution in [2.24, 2.45) is 0 Å². The molecule has 0 bridgehead atoms. The summed E-state index contributed by atoms with van der Waals surface area (Å²) in [4.78, 5) is 12.9. The van der Waals surface area contributed by atoms with Gasteiger partial charge in [0.1, 0.15) is 5.75 Å². The van der Waals surface area contributed by atoms with Crippen molar-refractivity contribution in [3.8, 4) is 0 Å². The van der Waals surface area contributed by atoms with E-state index in [1.54, 1.807) is 36.0 Å². The molecular weight excluding hydrogens is 296 g/mol. The number of hydrogen-bond acceptors (Lipinski definition) is 4. The summed E-state index contributed by atoms with van der Waals surface area (Å²) in [5, 5.41) is 8.66. The second kappa shape index (κ2) is 6.32. The van der Waals surface area contributed by atoms with Gasteiger partial charge >= 0.3 is 5.97 Å². The van der Waals surface area contributed by atoms with Crippen molar-refractivity contribution in [1.29, 1.82) is 0 Å². The van der Waals surface area contributed by atoms with E-state index in [2.05, 4.69) is 0 Å². The van der Waals surface area contributed by atoms with E-state index in [9.17, 15) is 13.9 Å². The maximum atomic E-state index is 10.6. The quantitative estimate of drug-likeness (QED) is 0.777. The van der Waals surface area contributed by atoms with Crippen molar-refractivity contribution in [3.63, 3.8) is 0 Å². The van der Waals surface area contributed by atoms with Gasteiger partial charge in [-0.2, -0.15) is 10.6 Å². The topological polar surface area (TPSA) is 77.8 Å². The lowest BCUT2D eigenvalue weighted by Gasteiger charge is -2.30. The van der Waals surface area contributed by atoms with Crippen LogP contribution in [-0.4, -0.2) is 25.9 Å². The van der Waals surface area contributed by atoms with E-state index >= 15 is 0 Å². The van der Waals surface area contributed by atoms with Crippen LogP contribution in [0.15, 0.2) is 69.3 Å². The third-order valence-electron chi connectivity index (χ3n) is 2.50. The summed E-state index contributed by atoms with van der Waals surface area (Å²) < 4.78 is 19.6. The van der Waals surface area contributed by atoms with E-state index in [0.717, 1.165) is 9.79 Å². The van der Waals surface area contributed by atoms with Crippen molar-refractivity contribution in [1.82, 2.24) is 0 Å². The molecule has 0 radical (unpaired) electrons. The lowest BCUT2D eigenvalue weighted by atomic mass is 10.4. The largest absolute Gasteiger partial charge is 0.480 e. The Kier molecular flexibility index (Phi) is 4.72. The minimum Gasteiger partial charge on any atom is -0.480 e. The molecular formula is C14H14O4S2.